The monoisotopic (exact) mass is 386 g/mol. The normalized spacial score (nSPS) is 11.9. The number of nitrogens with one attached hydrogen (secondary N) is 2. The average molecular weight is 386 g/mol. The molecule has 1 atom stereocenters. The Morgan fingerprint density at radius 2 is 1.62 bits per heavy atom. The first kappa shape index (κ1) is 18.4. The molecular formula is C23H18N2O4. The molecule has 144 valence electrons. The molecule has 6 nitrogen and oxygen atoms in total. The molecule has 0 spiro atoms. The van der Waals surface area contributed by atoms with Gasteiger partial charge in [0.1, 0.15) is 0 Å². The molecule has 0 aliphatic heterocycles. The Bertz CT molecular complexity index is 1290. The number of amides is 1. The van der Waals surface area contributed by atoms with Gasteiger partial charge in [0.25, 0.3) is 5.91 Å². The van der Waals surface area contributed by atoms with Crippen LogP contribution in [0.5, 0.6) is 0 Å². The second-order valence-electron chi connectivity index (χ2n) is 6.66. The Balaban J connectivity index is 1.55. The fourth-order valence-electron chi connectivity index (χ4n) is 3.22. The summed E-state index contributed by atoms with van der Waals surface area (Å²) in [6.07, 6.45) is -1.04. The van der Waals surface area contributed by atoms with Crippen molar-refractivity contribution in [3.05, 3.63) is 88.7 Å². The molecule has 4 rings (SSSR count). The fourth-order valence-corrected chi connectivity index (χ4v) is 3.22. The summed E-state index contributed by atoms with van der Waals surface area (Å²) in [5, 5.41) is 5.24. The molecule has 1 aromatic heterocycles. The highest BCUT2D eigenvalue weighted by molar-refractivity contribution is 6.06. The van der Waals surface area contributed by atoms with E-state index in [-0.39, 0.29) is 5.56 Å². The summed E-state index contributed by atoms with van der Waals surface area (Å²) in [4.78, 5) is 39.8. The zero-order valence-corrected chi connectivity index (χ0v) is 15.6. The van der Waals surface area contributed by atoms with E-state index in [2.05, 4.69) is 10.3 Å². The fraction of sp³-hybridized carbons (Fsp3) is 0.0870. The maximum Gasteiger partial charge on any atom is 0.339 e. The second kappa shape index (κ2) is 7.59. The lowest BCUT2D eigenvalue weighted by Gasteiger charge is -2.15. The molecular weight excluding hydrogens is 368 g/mol. The first-order valence-corrected chi connectivity index (χ1v) is 9.14. The van der Waals surface area contributed by atoms with E-state index in [0.29, 0.717) is 16.6 Å². The van der Waals surface area contributed by atoms with Crippen LogP contribution in [0, 0.1) is 0 Å². The van der Waals surface area contributed by atoms with E-state index in [0.717, 1.165) is 10.8 Å². The zero-order valence-electron chi connectivity index (χ0n) is 15.6. The largest absolute Gasteiger partial charge is 0.449 e. The molecule has 4 aromatic rings. The number of esters is 1. The highest BCUT2D eigenvalue weighted by Gasteiger charge is 2.21. The van der Waals surface area contributed by atoms with Gasteiger partial charge >= 0.3 is 5.97 Å². The van der Waals surface area contributed by atoms with Crippen LogP contribution in [-0.2, 0) is 9.53 Å². The van der Waals surface area contributed by atoms with Crippen LogP contribution in [0.25, 0.3) is 21.7 Å². The van der Waals surface area contributed by atoms with Gasteiger partial charge in [-0.3, -0.25) is 9.59 Å². The van der Waals surface area contributed by atoms with E-state index in [1.165, 1.54) is 13.0 Å². The number of carbonyl (C=O) groups excluding carboxylic acids is 2. The highest BCUT2D eigenvalue weighted by Crippen LogP contribution is 2.23. The van der Waals surface area contributed by atoms with Gasteiger partial charge in [-0.05, 0) is 24.4 Å². The number of aromatic amines is 1. The maximum atomic E-state index is 12.6. The molecule has 2 N–H and O–H groups in total. The van der Waals surface area contributed by atoms with Crippen molar-refractivity contribution in [2.45, 2.75) is 13.0 Å². The van der Waals surface area contributed by atoms with Gasteiger partial charge in [-0.2, -0.15) is 0 Å². The number of carbonyl (C=O) groups is 2. The van der Waals surface area contributed by atoms with Crippen LogP contribution < -0.4 is 10.9 Å². The second-order valence-corrected chi connectivity index (χ2v) is 6.66. The van der Waals surface area contributed by atoms with E-state index in [4.69, 9.17) is 4.74 Å². The van der Waals surface area contributed by atoms with Gasteiger partial charge in [-0.1, -0.05) is 54.6 Å². The van der Waals surface area contributed by atoms with E-state index < -0.39 is 23.5 Å². The Morgan fingerprint density at radius 3 is 2.45 bits per heavy atom. The van der Waals surface area contributed by atoms with Crippen LogP contribution in [0.15, 0.2) is 77.6 Å². The van der Waals surface area contributed by atoms with Gasteiger partial charge in [0.15, 0.2) is 6.10 Å². The van der Waals surface area contributed by atoms with Crippen LogP contribution in [-0.4, -0.2) is 23.0 Å². The molecule has 1 amide bonds. The molecule has 1 heterocycles. The molecule has 0 aliphatic carbocycles. The molecule has 29 heavy (non-hydrogen) atoms. The molecule has 0 unspecified atom stereocenters. The minimum Gasteiger partial charge on any atom is -0.449 e. The lowest BCUT2D eigenvalue weighted by Crippen LogP contribution is -2.30. The number of rotatable bonds is 4. The molecule has 0 saturated carbocycles. The molecule has 0 saturated heterocycles. The number of ether oxygens (including phenoxy) is 1. The minimum atomic E-state index is -1.04. The zero-order chi connectivity index (χ0) is 20.4. The molecule has 3 aromatic carbocycles. The number of hydrogen-bond donors (Lipinski definition) is 2. The molecule has 6 heteroatoms. The number of aromatic nitrogens is 1. The van der Waals surface area contributed by atoms with Crippen molar-refractivity contribution in [1.82, 2.24) is 4.98 Å². The van der Waals surface area contributed by atoms with E-state index in [9.17, 15) is 14.4 Å². The van der Waals surface area contributed by atoms with Gasteiger partial charge in [0.05, 0.1) is 5.56 Å². The maximum absolute atomic E-state index is 12.6. The van der Waals surface area contributed by atoms with Crippen molar-refractivity contribution >= 4 is 39.2 Å². The molecule has 0 bridgehead atoms. The van der Waals surface area contributed by atoms with Gasteiger partial charge in [-0.15, -0.1) is 0 Å². The minimum absolute atomic E-state index is 0.120. The number of fused-ring (bicyclic) bond motifs is 2. The number of anilines is 1. The van der Waals surface area contributed by atoms with Gasteiger partial charge in [0, 0.05) is 28.0 Å². The summed E-state index contributed by atoms with van der Waals surface area (Å²) in [7, 11) is 0. The third-order valence-corrected chi connectivity index (χ3v) is 4.67. The Kier molecular flexibility index (Phi) is 4.83. The smallest absolute Gasteiger partial charge is 0.339 e. The predicted octanol–water partition coefficient (Wildman–Crippen LogP) is 3.87. The van der Waals surface area contributed by atoms with Crippen molar-refractivity contribution < 1.29 is 14.3 Å². The van der Waals surface area contributed by atoms with Crippen molar-refractivity contribution in [2.24, 2.45) is 0 Å². The number of pyridine rings is 1. The topological polar surface area (TPSA) is 88.3 Å². The van der Waals surface area contributed by atoms with E-state index in [1.807, 2.05) is 36.4 Å². The standard InChI is InChI=1S/C23H18N2O4/c1-14(22(27)25-19-12-6-8-15-7-2-3-9-16(15)19)29-23(28)18-13-21(26)24-20-11-5-4-10-17(18)20/h2-14H,1H3,(H,24,26)(H,25,27)/t14-/m0/s1. The van der Waals surface area contributed by atoms with Crippen LogP contribution in [0.3, 0.4) is 0 Å². The predicted molar refractivity (Wildman–Crippen MR) is 112 cm³/mol. The van der Waals surface area contributed by atoms with Crippen molar-refractivity contribution in [3.8, 4) is 0 Å². The quantitative estimate of drug-likeness (QED) is 0.521. The molecule has 0 fully saturated rings. The average Bonchev–Trinajstić information content (AvgIpc) is 2.73. The van der Waals surface area contributed by atoms with Gasteiger partial charge in [0.2, 0.25) is 5.56 Å². The SMILES string of the molecule is C[C@H](OC(=O)c1cc(=O)[nH]c2ccccc12)C(=O)Nc1cccc2ccccc12. The third-order valence-electron chi connectivity index (χ3n) is 4.67. The van der Waals surface area contributed by atoms with Crippen LogP contribution in [0.2, 0.25) is 0 Å². The van der Waals surface area contributed by atoms with Crippen LogP contribution >= 0.6 is 0 Å². The van der Waals surface area contributed by atoms with Crippen molar-refractivity contribution in [2.75, 3.05) is 5.32 Å². The molecule has 0 aliphatic rings. The number of para-hydroxylation sites is 1. The lowest BCUT2D eigenvalue weighted by molar-refractivity contribution is -0.123. The van der Waals surface area contributed by atoms with E-state index >= 15 is 0 Å². The Labute approximate surface area is 166 Å². The van der Waals surface area contributed by atoms with Gasteiger partial charge < -0.3 is 15.0 Å². The summed E-state index contributed by atoms with van der Waals surface area (Å²) in [5.41, 5.74) is 0.870. The number of benzene rings is 3. The Hall–Kier alpha value is -3.93. The Morgan fingerprint density at radius 1 is 0.931 bits per heavy atom. The number of hydrogen-bond acceptors (Lipinski definition) is 4. The number of H-pyrrole nitrogens is 1. The van der Waals surface area contributed by atoms with Crippen molar-refractivity contribution in [1.29, 1.82) is 0 Å². The molecule has 0 radical (unpaired) electrons. The first-order chi connectivity index (χ1) is 14.0. The van der Waals surface area contributed by atoms with Crippen molar-refractivity contribution in [3.63, 3.8) is 0 Å². The third kappa shape index (κ3) is 3.73. The summed E-state index contributed by atoms with van der Waals surface area (Å²) >= 11 is 0. The summed E-state index contributed by atoms with van der Waals surface area (Å²) in [5.74, 6) is -1.18. The lowest BCUT2D eigenvalue weighted by atomic mass is 10.1. The first-order valence-electron chi connectivity index (χ1n) is 9.14. The summed E-state index contributed by atoms with van der Waals surface area (Å²) in [6.45, 7) is 1.49. The van der Waals surface area contributed by atoms with Gasteiger partial charge in [-0.25, -0.2) is 4.79 Å². The van der Waals surface area contributed by atoms with Crippen LogP contribution in [0.4, 0.5) is 5.69 Å². The summed E-state index contributed by atoms with van der Waals surface area (Å²) < 4.78 is 5.34. The highest BCUT2D eigenvalue weighted by atomic mass is 16.5. The summed E-state index contributed by atoms with van der Waals surface area (Å²) in [6, 6.07) is 21.4. The van der Waals surface area contributed by atoms with E-state index in [1.54, 1.807) is 30.3 Å². The van der Waals surface area contributed by atoms with Crippen LogP contribution in [0.1, 0.15) is 17.3 Å².